The van der Waals surface area contributed by atoms with E-state index in [9.17, 15) is 0 Å². The lowest BCUT2D eigenvalue weighted by Crippen LogP contribution is -2.17. The van der Waals surface area contributed by atoms with Crippen LogP contribution in [-0.2, 0) is 0 Å². The van der Waals surface area contributed by atoms with E-state index in [0.29, 0.717) is 13.2 Å². The van der Waals surface area contributed by atoms with Gasteiger partial charge in [-0.1, -0.05) is 12.1 Å². The summed E-state index contributed by atoms with van der Waals surface area (Å²) in [4.78, 5) is 1.14. The summed E-state index contributed by atoms with van der Waals surface area (Å²) < 4.78 is 11.3. The SMILES string of the molecule is CCOc1cccc(OC(CN)c2cccs2)c1. The van der Waals surface area contributed by atoms with Gasteiger partial charge in [-0.2, -0.15) is 0 Å². The number of hydrogen-bond acceptors (Lipinski definition) is 4. The van der Waals surface area contributed by atoms with Crippen molar-refractivity contribution in [2.75, 3.05) is 13.2 Å². The first-order chi connectivity index (χ1) is 8.83. The van der Waals surface area contributed by atoms with E-state index < -0.39 is 0 Å². The van der Waals surface area contributed by atoms with Gasteiger partial charge in [-0.3, -0.25) is 0 Å². The Morgan fingerprint density at radius 1 is 1.22 bits per heavy atom. The Morgan fingerprint density at radius 2 is 2.06 bits per heavy atom. The molecular formula is C14H17NO2S. The van der Waals surface area contributed by atoms with Gasteiger partial charge in [0.15, 0.2) is 0 Å². The van der Waals surface area contributed by atoms with Crippen molar-refractivity contribution in [2.24, 2.45) is 5.73 Å². The van der Waals surface area contributed by atoms with Crippen molar-refractivity contribution in [3.05, 3.63) is 46.7 Å². The van der Waals surface area contributed by atoms with Crippen LogP contribution in [0.15, 0.2) is 41.8 Å². The lowest BCUT2D eigenvalue weighted by molar-refractivity contribution is 0.216. The second kappa shape index (κ2) is 6.42. The molecule has 0 saturated carbocycles. The molecule has 1 aromatic carbocycles. The third-order valence-corrected chi connectivity index (χ3v) is 3.43. The van der Waals surface area contributed by atoms with Crippen molar-refractivity contribution < 1.29 is 9.47 Å². The normalized spacial score (nSPS) is 12.1. The molecular weight excluding hydrogens is 246 g/mol. The second-order valence-electron chi connectivity index (χ2n) is 3.77. The first-order valence-electron chi connectivity index (χ1n) is 5.96. The average molecular weight is 263 g/mol. The van der Waals surface area contributed by atoms with E-state index in [1.54, 1.807) is 11.3 Å². The van der Waals surface area contributed by atoms with Crippen LogP contribution in [-0.4, -0.2) is 13.2 Å². The van der Waals surface area contributed by atoms with Crippen molar-refractivity contribution >= 4 is 11.3 Å². The maximum absolute atomic E-state index is 5.90. The molecule has 1 aromatic heterocycles. The zero-order valence-electron chi connectivity index (χ0n) is 10.3. The van der Waals surface area contributed by atoms with E-state index in [1.165, 1.54) is 0 Å². The predicted octanol–water partition coefficient (Wildman–Crippen LogP) is 3.23. The highest BCUT2D eigenvalue weighted by Crippen LogP contribution is 2.27. The zero-order chi connectivity index (χ0) is 12.8. The van der Waals surface area contributed by atoms with Gasteiger partial charge >= 0.3 is 0 Å². The number of nitrogens with two attached hydrogens (primary N) is 1. The van der Waals surface area contributed by atoms with Gasteiger partial charge in [0.05, 0.1) is 6.61 Å². The summed E-state index contributed by atoms with van der Waals surface area (Å²) in [6.45, 7) is 3.07. The van der Waals surface area contributed by atoms with Crippen LogP contribution in [0.25, 0.3) is 0 Å². The van der Waals surface area contributed by atoms with E-state index >= 15 is 0 Å². The van der Waals surface area contributed by atoms with E-state index in [4.69, 9.17) is 15.2 Å². The Labute approximate surface area is 111 Å². The fourth-order valence-electron chi connectivity index (χ4n) is 1.67. The molecule has 2 aromatic rings. The van der Waals surface area contributed by atoms with Crippen LogP contribution in [0.3, 0.4) is 0 Å². The first-order valence-corrected chi connectivity index (χ1v) is 6.84. The largest absolute Gasteiger partial charge is 0.494 e. The molecule has 2 N–H and O–H groups in total. The molecule has 18 heavy (non-hydrogen) atoms. The summed E-state index contributed by atoms with van der Waals surface area (Å²) in [5.41, 5.74) is 5.76. The lowest BCUT2D eigenvalue weighted by Gasteiger charge is -2.16. The fraction of sp³-hybridized carbons (Fsp3) is 0.286. The van der Waals surface area contributed by atoms with Gasteiger partial charge in [0.25, 0.3) is 0 Å². The summed E-state index contributed by atoms with van der Waals surface area (Å²) in [7, 11) is 0. The molecule has 0 radical (unpaired) electrons. The fourth-order valence-corrected chi connectivity index (χ4v) is 2.43. The highest BCUT2D eigenvalue weighted by atomic mass is 32.1. The predicted molar refractivity (Wildman–Crippen MR) is 74.4 cm³/mol. The van der Waals surface area contributed by atoms with Crippen molar-refractivity contribution in [3.8, 4) is 11.5 Å². The lowest BCUT2D eigenvalue weighted by atomic mass is 10.2. The summed E-state index contributed by atoms with van der Waals surface area (Å²) in [6, 6.07) is 11.7. The standard InChI is InChI=1S/C14H17NO2S/c1-2-16-11-5-3-6-12(9-11)17-13(10-15)14-7-4-8-18-14/h3-9,13H,2,10,15H2,1H3. The number of rotatable bonds is 6. The van der Waals surface area contributed by atoms with Gasteiger partial charge in [0.1, 0.15) is 17.6 Å². The molecule has 0 aliphatic heterocycles. The number of thiophene rings is 1. The second-order valence-corrected chi connectivity index (χ2v) is 4.74. The molecule has 1 heterocycles. The molecule has 2 rings (SSSR count). The Morgan fingerprint density at radius 3 is 2.72 bits per heavy atom. The molecule has 0 saturated heterocycles. The Balaban J connectivity index is 2.09. The van der Waals surface area contributed by atoms with Gasteiger partial charge in [0, 0.05) is 17.5 Å². The van der Waals surface area contributed by atoms with Gasteiger partial charge in [0.2, 0.25) is 0 Å². The molecule has 1 atom stereocenters. The maximum atomic E-state index is 5.90. The molecule has 0 amide bonds. The molecule has 1 unspecified atom stereocenters. The summed E-state index contributed by atoms with van der Waals surface area (Å²) in [5, 5.41) is 2.03. The van der Waals surface area contributed by atoms with Crippen LogP contribution >= 0.6 is 11.3 Å². The molecule has 4 heteroatoms. The summed E-state index contributed by atoms with van der Waals surface area (Å²) in [6.07, 6.45) is -0.0955. The van der Waals surface area contributed by atoms with Crippen molar-refractivity contribution in [3.63, 3.8) is 0 Å². The first kappa shape index (κ1) is 12.9. The molecule has 3 nitrogen and oxygen atoms in total. The van der Waals surface area contributed by atoms with Gasteiger partial charge in [-0.25, -0.2) is 0 Å². The molecule has 96 valence electrons. The van der Waals surface area contributed by atoms with Crippen LogP contribution in [0.1, 0.15) is 17.9 Å². The third kappa shape index (κ3) is 3.24. The highest BCUT2D eigenvalue weighted by Gasteiger charge is 2.12. The van der Waals surface area contributed by atoms with Crippen molar-refractivity contribution in [2.45, 2.75) is 13.0 Å². The van der Waals surface area contributed by atoms with Gasteiger partial charge in [-0.05, 0) is 30.5 Å². The minimum absolute atomic E-state index is 0.0955. The smallest absolute Gasteiger partial charge is 0.145 e. The molecule has 0 fully saturated rings. The average Bonchev–Trinajstić information content (AvgIpc) is 2.90. The minimum atomic E-state index is -0.0955. The van der Waals surface area contributed by atoms with Crippen LogP contribution in [0.5, 0.6) is 11.5 Å². The number of benzene rings is 1. The van der Waals surface area contributed by atoms with Crippen molar-refractivity contribution in [1.82, 2.24) is 0 Å². The Kier molecular flexibility index (Phi) is 4.61. The summed E-state index contributed by atoms with van der Waals surface area (Å²) >= 11 is 1.65. The minimum Gasteiger partial charge on any atom is -0.494 e. The zero-order valence-corrected chi connectivity index (χ0v) is 11.2. The summed E-state index contributed by atoms with van der Waals surface area (Å²) in [5.74, 6) is 1.60. The monoisotopic (exact) mass is 263 g/mol. The number of hydrogen-bond donors (Lipinski definition) is 1. The van der Waals surface area contributed by atoms with Crippen LogP contribution < -0.4 is 15.2 Å². The van der Waals surface area contributed by atoms with Crippen LogP contribution in [0.2, 0.25) is 0 Å². The van der Waals surface area contributed by atoms with Crippen LogP contribution in [0.4, 0.5) is 0 Å². The van der Waals surface area contributed by atoms with E-state index in [0.717, 1.165) is 16.4 Å². The molecule has 0 spiro atoms. The van der Waals surface area contributed by atoms with E-state index in [2.05, 4.69) is 0 Å². The number of ether oxygens (including phenoxy) is 2. The van der Waals surface area contributed by atoms with E-state index in [1.807, 2.05) is 48.7 Å². The quantitative estimate of drug-likeness (QED) is 0.870. The molecule has 0 aliphatic rings. The Hall–Kier alpha value is -1.52. The Bertz CT molecular complexity index is 470. The third-order valence-electron chi connectivity index (χ3n) is 2.47. The highest BCUT2D eigenvalue weighted by molar-refractivity contribution is 7.10. The van der Waals surface area contributed by atoms with Crippen molar-refractivity contribution in [1.29, 1.82) is 0 Å². The van der Waals surface area contributed by atoms with Gasteiger partial charge in [-0.15, -0.1) is 11.3 Å². The molecule has 0 aliphatic carbocycles. The van der Waals surface area contributed by atoms with Crippen LogP contribution in [0, 0.1) is 0 Å². The molecule has 0 bridgehead atoms. The maximum Gasteiger partial charge on any atom is 0.145 e. The van der Waals surface area contributed by atoms with Gasteiger partial charge < -0.3 is 15.2 Å². The van der Waals surface area contributed by atoms with E-state index in [-0.39, 0.29) is 6.10 Å². The topological polar surface area (TPSA) is 44.5 Å².